The van der Waals surface area contributed by atoms with Crippen molar-refractivity contribution in [1.29, 1.82) is 0 Å². The fraction of sp³-hybridized carbons (Fsp3) is 0.929. The van der Waals surface area contributed by atoms with Crippen LogP contribution in [0.1, 0.15) is 59.3 Å². The van der Waals surface area contributed by atoms with E-state index in [0.717, 1.165) is 18.4 Å². The van der Waals surface area contributed by atoms with E-state index in [1.165, 1.54) is 38.5 Å². The highest BCUT2D eigenvalue weighted by atomic mass is 15.3. The molecule has 0 aromatic heterocycles. The second-order valence-corrected chi connectivity index (χ2v) is 5.88. The van der Waals surface area contributed by atoms with Crippen LogP contribution < -0.4 is 16.6 Å². The molecule has 4 heteroatoms. The monoisotopic (exact) mass is 254 g/mol. The fourth-order valence-corrected chi connectivity index (χ4v) is 2.60. The number of rotatable bonds is 5. The van der Waals surface area contributed by atoms with Gasteiger partial charge in [-0.2, -0.15) is 0 Å². The van der Waals surface area contributed by atoms with Crippen molar-refractivity contribution in [3.05, 3.63) is 0 Å². The largest absolute Gasteiger partial charge is 0.353 e. The molecule has 0 amide bonds. The third kappa shape index (κ3) is 5.71. The van der Waals surface area contributed by atoms with Gasteiger partial charge in [-0.25, -0.2) is 5.84 Å². The molecular formula is C14H30N4. The van der Waals surface area contributed by atoms with Gasteiger partial charge in [0.1, 0.15) is 0 Å². The summed E-state index contributed by atoms with van der Waals surface area (Å²) in [5, 5.41) is 3.44. The molecule has 0 bridgehead atoms. The van der Waals surface area contributed by atoms with E-state index in [2.05, 4.69) is 36.5 Å². The predicted molar refractivity (Wildman–Crippen MR) is 78.3 cm³/mol. The first-order valence-corrected chi connectivity index (χ1v) is 7.43. The van der Waals surface area contributed by atoms with Crippen LogP contribution in [0.4, 0.5) is 0 Å². The van der Waals surface area contributed by atoms with Crippen molar-refractivity contribution in [3.63, 3.8) is 0 Å². The molecule has 18 heavy (non-hydrogen) atoms. The minimum atomic E-state index is 0.542. The third-order valence-corrected chi connectivity index (χ3v) is 3.64. The van der Waals surface area contributed by atoms with Gasteiger partial charge in [0.2, 0.25) is 5.96 Å². The molecule has 0 aromatic rings. The van der Waals surface area contributed by atoms with Gasteiger partial charge in [0.25, 0.3) is 0 Å². The van der Waals surface area contributed by atoms with Gasteiger partial charge in [0, 0.05) is 12.6 Å². The van der Waals surface area contributed by atoms with E-state index in [4.69, 9.17) is 5.84 Å². The number of nitrogens with zero attached hydrogens (tertiary/aromatic N) is 1. The van der Waals surface area contributed by atoms with E-state index in [9.17, 15) is 0 Å². The number of nitrogens with one attached hydrogen (secondary N) is 2. The molecule has 0 heterocycles. The first kappa shape index (κ1) is 15.3. The maximum absolute atomic E-state index is 5.51. The Morgan fingerprint density at radius 2 is 1.94 bits per heavy atom. The summed E-state index contributed by atoms with van der Waals surface area (Å²) < 4.78 is 0. The SMILES string of the molecule is CCCC1CCC(NC(=NCC(C)C)NN)CC1. The van der Waals surface area contributed by atoms with Crippen molar-refractivity contribution in [2.24, 2.45) is 22.7 Å². The first-order valence-electron chi connectivity index (χ1n) is 7.43. The van der Waals surface area contributed by atoms with Crippen LogP contribution in [0.5, 0.6) is 0 Å². The van der Waals surface area contributed by atoms with Crippen LogP contribution in [-0.2, 0) is 0 Å². The smallest absolute Gasteiger partial charge is 0.205 e. The molecule has 1 rings (SSSR count). The van der Waals surface area contributed by atoms with Gasteiger partial charge in [-0.3, -0.25) is 10.4 Å². The second kappa shape index (κ2) is 8.35. The van der Waals surface area contributed by atoms with E-state index < -0.39 is 0 Å². The molecule has 0 atom stereocenters. The maximum atomic E-state index is 5.51. The predicted octanol–water partition coefficient (Wildman–Crippen LogP) is 2.41. The molecule has 0 unspecified atom stereocenters. The summed E-state index contributed by atoms with van der Waals surface area (Å²) in [7, 11) is 0. The van der Waals surface area contributed by atoms with Crippen molar-refractivity contribution < 1.29 is 0 Å². The average Bonchev–Trinajstić information content (AvgIpc) is 2.36. The van der Waals surface area contributed by atoms with Gasteiger partial charge >= 0.3 is 0 Å². The van der Waals surface area contributed by atoms with E-state index in [0.29, 0.717) is 12.0 Å². The zero-order chi connectivity index (χ0) is 13.4. The van der Waals surface area contributed by atoms with Gasteiger partial charge in [0.15, 0.2) is 0 Å². The van der Waals surface area contributed by atoms with E-state index in [-0.39, 0.29) is 0 Å². The number of guanidine groups is 1. The Kier molecular flexibility index (Phi) is 7.09. The molecule has 4 N–H and O–H groups in total. The molecule has 0 aromatic carbocycles. The Balaban J connectivity index is 2.31. The molecule has 1 fully saturated rings. The number of aliphatic imine (C=N–C) groups is 1. The van der Waals surface area contributed by atoms with Crippen molar-refractivity contribution in [2.45, 2.75) is 65.3 Å². The van der Waals surface area contributed by atoms with Crippen LogP contribution in [0, 0.1) is 11.8 Å². The highest BCUT2D eigenvalue weighted by Crippen LogP contribution is 2.27. The minimum absolute atomic E-state index is 0.542. The maximum Gasteiger partial charge on any atom is 0.205 e. The van der Waals surface area contributed by atoms with Gasteiger partial charge in [-0.05, 0) is 37.5 Å². The summed E-state index contributed by atoms with van der Waals surface area (Å²) in [5.74, 6) is 7.77. The van der Waals surface area contributed by atoms with Crippen LogP contribution in [0.15, 0.2) is 4.99 Å². The lowest BCUT2D eigenvalue weighted by Crippen LogP contribution is -2.47. The van der Waals surface area contributed by atoms with E-state index in [1.54, 1.807) is 0 Å². The van der Waals surface area contributed by atoms with Crippen LogP contribution in [0.25, 0.3) is 0 Å². The van der Waals surface area contributed by atoms with Gasteiger partial charge in [0.05, 0.1) is 0 Å². The molecule has 1 aliphatic carbocycles. The fourth-order valence-electron chi connectivity index (χ4n) is 2.60. The number of hydrazine groups is 1. The van der Waals surface area contributed by atoms with Crippen LogP contribution in [-0.4, -0.2) is 18.5 Å². The summed E-state index contributed by atoms with van der Waals surface area (Å²) in [6.07, 6.45) is 7.87. The summed E-state index contributed by atoms with van der Waals surface area (Å²) in [5.41, 5.74) is 2.68. The highest BCUT2D eigenvalue weighted by molar-refractivity contribution is 5.79. The Hall–Kier alpha value is -0.770. The zero-order valence-electron chi connectivity index (χ0n) is 12.2. The van der Waals surface area contributed by atoms with Crippen LogP contribution >= 0.6 is 0 Å². The number of nitrogens with two attached hydrogens (primary N) is 1. The lowest BCUT2D eigenvalue weighted by molar-refractivity contribution is 0.295. The summed E-state index contributed by atoms with van der Waals surface area (Å²) in [4.78, 5) is 4.46. The van der Waals surface area contributed by atoms with Crippen LogP contribution in [0.2, 0.25) is 0 Å². The lowest BCUT2D eigenvalue weighted by Gasteiger charge is -2.29. The Morgan fingerprint density at radius 3 is 2.44 bits per heavy atom. The summed E-state index contributed by atoms with van der Waals surface area (Å²) >= 11 is 0. The Labute approximate surface area is 112 Å². The normalized spacial score (nSPS) is 25.3. The number of hydrogen-bond acceptors (Lipinski definition) is 2. The first-order chi connectivity index (χ1) is 8.65. The standard InChI is InChI=1S/C14H30N4/c1-4-5-12-6-8-13(9-7-12)17-14(18-15)16-10-11(2)3/h11-13H,4-10,15H2,1-3H3,(H2,16,17,18). The lowest BCUT2D eigenvalue weighted by atomic mass is 9.83. The van der Waals surface area contributed by atoms with E-state index in [1.807, 2.05) is 0 Å². The molecule has 1 aliphatic rings. The molecular weight excluding hydrogens is 224 g/mol. The summed E-state index contributed by atoms with van der Waals surface area (Å²) in [6.45, 7) is 7.41. The molecule has 0 saturated heterocycles. The molecule has 106 valence electrons. The van der Waals surface area contributed by atoms with Crippen molar-refractivity contribution in [3.8, 4) is 0 Å². The Bertz CT molecular complexity index is 242. The average molecular weight is 254 g/mol. The van der Waals surface area contributed by atoms with Crippen molar-refractivity contribution in [1.82, 2.24) is 10.7 Å². The van der Waals surface area contributed by atoms with E-state index >= 15 is 0 Å². The van der Waals surface area contributed by atoms with Crippen LogP contribution in [0.3, 0.4) is 0 Å². The molecule has 0 aliphatic heterocycles. The molecule has 0 spiro atoms. The highest BCUT2D eigenvalue weighted by Gasteiger charge is 2.20. The second-order valence-electron chi connectivity index (χ2n) is 5.88. The zero-order valence-corrected chi connectivity index (χ0v) is 12.2. The third-order valence-electron chi connectivity index (χ3n) is 3.64. The van der Waals surface area contributed by atoms with Gasteiger partial charge in [-0.1, -0.05) is 33.6 Å². The minimum Gasteiger partial charge on any atom is -0.353 e. The molecule has 1 saturated carbocycles. The number of hydrogen-bond donors (Lipinski definition) is 3. The molecule has 4 nitrogen and oxygen atoms in total. The van der Waals surface area contributed by atoms with Crippen molar-refractivity contribution >= 4 is 5.96 Å². The molecule has 0 radical (unpaired) electrons. The summed E-state index contributed by atoms with van der Waals surface area (Å²) in [6, 6.07) is 0.542. The quantitative estimate of drug-likeness (QED) is 0.305. The van der Waals surface area contributed by atoms with Gasteiger partial charge < -0.3 is 5.32 Å². The Morgan fingerprint density at radius 1 is 1.28 bits per heavy atom. The van der Waals surface area contributed by atoms with Crippen molar-refractivity contribution in [2.75, 3.05) is 6.54 Å². The topological polar surface area (TPSA) is 62.4 Å². The van der Waals surface area contributed by atoms with Gasteiger partial charge in [-0.15, -0.1) is 0 Å².